The van der Waals surface area contributed by atoms with Crippen LogP contribution in [0.15, 0.2) is 5.10 Å². The normalized spacial score (nSPS) is 9.62. The topological polar surface area (TPSA) is 76.4 Å². The summed E-state index contributed by atoms with van der Waals surface area (Å²) in [6, 6.07) is 0. The first-order valence-corrected chi connectivity index (χ1v) is 2.45. The van der Waals surface area contributed by atoms with Crippen LogP contribution in [0.2, 0.25) is 0 Å². The Morgan fingerprint density at radius 3 is 2.88 bits per heavy atom. The summed E-state index contributed by atoms with van der Waals surface area (Å²) in [4.78, 5) is 0. The highest BCUT2D eigenvalue weighted by Gasteiger charge is 1.74. The average Bonchev–Trinajstić information content (AvgIpc) is 1.66. The van der Waals surface area contributed by atoms with Crippen LogP contribution in [0.4, 0.5) is 0 Å². The van der Waals surface area contributed by atoms with Crippen LogP contribution < -0.4 is 16.9 Å². The van der Waals surface area contributed by atoms with Crippen LogP contribution in [-0.2, 0) is 0 Å². The van der Waals surface area contributed by atoms with Gasteiger partial charge in [-0.3, -0.25) is 5.43 Å². The summed E-state index contributed by atoms with van der Waals surface area (Å²) < 4.78 is 0. The number of hydrogen-bond donors (Lipinski definition) is 3. The molecule has 0 atom stereocenters. The van der Waals surface area contributed by atoms with Crippen molar-refractivity contribution in [3.63, 3.8) is 0 Å². The molecule has 0 bridgehead atoms. The van der Waals surface area contributed by atoms with Crippen molar-refractivity contribution in [2.75, 3.05) is 6.54 Å². The van der Waals surface area contributed by atoms with E-state index in [9.17, 15) is 0 Å². The lowest BCUT2D eigenvalue weighted by atomic mass is 10.8. The summed E-state index contributed by atoms with van der Waals surface area (Å²) in [5, 5.41) is 3.67. The summed E-state index contributed by atoms with van der Waals surface area (Å²) >= 11 is 4.42. The zero-order valence-electron chi connectivity index (χ0n) is 4.29. The van der Waals surface area contributed by atoms with Crippen LogP contribution in [0, 0.1) is 0 Å². The molecule has 8 heavy (non-hydrogen) atoms. The second kappa shape index (κ2) is 4.48. The summed E-state index contributed by atoms with van der Waals surface area (Å²) in [5.41, 5.74) is 12.4. The molecular weight excluding hydrogens is 124 g/mol. The van der Waals surface area contributed by atoms with E-state index in [2.05, 4.69) is 22.7 Å². The van der Waals surface area contributed by atoms with E-state index < -0.39 is 0 Å². The largest absolute Gasteiger partial charge is 0.375 e. The predicted octanol–water partition coefficient (Wildman–Crippen LogP) is -1.24. The van der Waals surface area contributed by atoms with Crippen molar-refractivity contribution in [3.05, 3.63) is 0 Å². The number of thiocarbonyl (C=S) groups is 1. The lowest BCUT2D eigenvalue weighted by Gasteiger charge is -1.90. The van der Waals surface area contributed by atoms with E-state index in [4.69, 9.17) is 11.5 Å². The van der Waals surface area contributed by atoms with Crippen LogP contribution in [0.1, 0.15) is 0 Å². The van der Waals surface area contributed by atoms with Gasteiger partial charge in [0.15, 0.2) is 5.11 Å². The molecule has 0 fully saturated rings. The van der Waals surface area contributed by atoms with Crippen LogP contribution in [0.3, 0.4) is 0 Å². The van der Waals surface area contributed by atoms with Crippen LogP contribution in [-0.4, -0.2) is 17.9 Å². The minimum Gasteiger partial charge on any atom is -0.375 e. The molecular formula is C3H8N4S. The molecule has 0 saturated carbocycles. The van der Waals surface area contributed by atoms with E-state index in [0.717, 1.165) is 0 Å². The Hall–Kier alpha value is -0.680. The van der Waals surface area contributed by atoms with Gasteiger partial charge in [-0.15, -0.1) is 0 Å². The molecule has 0 aliphatic heterocycles. The number of rotatable bonds is 2. The Morgan fingerprint density at radius 1 is 1.88 bits per heavy atom. The van der Waals surface area contributed by atoms with Gasteiger partial charge in [0.25, 0.3) is 0 Å². The molecule has 0 aliphatic carbocycles. The molecule has 5 N–H and O–H groups in total. The third kappa shape index (κ3) is 5.32. The van der Waals surface area contributed by atoms with Gasteiger partial charge in [-0.25, -0.2) is 0 Å². The first-order valence-electron chi connectivity index (χ1n) is 2.04. The minimum atomic E-state index is 0.148. The van der Waals surface area contributed by atoms with Gasteiger partial charge in [0.2, 0.25) is 0 Å². The molecule has 0 amide bonds. The van der Waals surface area contributed by atoms with Crippen LogP contribution >= 0.6 is 12.2 Å². The van der Waals surface area contributed by atoms with Gasteiger partial charge in [-0.05, 0) is 12.2 Å². The van der Waals surface area contributed by atoms with Crippen molar-refractivity contribution in [2.45, 2.75) is 0 Å². The number of hydrazone groups is 1. The van der Waals surface area contributed by atoms with Gasteiger partial charge in [-0.1, -0.05) is 0 Å². The molecule has 0 rings (SSSR count). The van der Waals surface area contributed by atoms with E-state index in [1.54, 1.807) is 0 Å². The summed E-state index contributed by atoms with van der Waals surface area (Å²) in [5.74, 6) is 0. The maximum Gasteiger partial charge on any atom is 0.184 e. The molecule has 0 radical (unpaired) electrons. The van der Waals surface area contributed by atoms with Crippen LogP contribution in [0.25, 0.3) is 0 Å². The zero-order valence-corrected chi connectivity index (χ0v) is 5.11. The van der Waals surface area contributed by atoms with Crippen LogP contribution in [0.5, 0.6) is 0 Å². The van der Waals surface area contributed by atoms with Crippen molar-refractivity contribution >= 4 is 23.5 Å². The fourth-order valence-corrected chi connectivity index (χ4v) is 0.215. The molecule has 0 saturated heterocycles. The summed E-state index contributed by atoms with van der Waals surface area (Å²) in [7, 11) is 0. The van der Waals surface area contributed by atoms with E-state index in [0.29, 0.717) is 6.54 Å². The van der Waals surface area contributed by atoms with E-state index >= 15 is 0 Å². The maximum absolute atomic E-state index is 5.04. The Kier molecular flexibility index (Phi) is 4.10. The Balaban J connectivity index is 3.16. The van der Waals surface area contributed by atoms with Crippen molar-refractivity contribution in [3.8, 4) is 0 Å². The highest BCUT2D eigenvalue weighted by molar-refractivity contribution is 7.80. The fourth-order valence-electron chi connectivity index (χ4n) is 0.162. The fraction of sp³-hybridized carbons (Fsp3) is 0.333. The number of hydrogen-bond acceptors (Lipinski definition) is 3. The number of nitrogens with two attached hydrogens (primary N) is 2. The van der Waals surface area contributed by atoms with Gasteiger partial charge < -0.3 is 11.5 Å². The minimum absolute atomic E-state index is 0.148. The third-order valence-electron chi connectivity index (χ3n) is 0.371. The second-order valence-corrected chi connectivity index (χ2v) is 1.46. The van der Waals surface area contributed by atoms with Gasteiger partial charge in [0, 0.05) is 12.8 Å². The monoisotopic (exact) mass is 132 g/mol. The molecule has 0 unspecified atom stereocenters. The molecule has 0 aromatic heterocycles. The third-order valence-corrected chi connectivity index (χ3v) is 0.463. The molecule has 46 valence electrons. The van der Waals surface area contributed by atoms with E-state index in [1.807, 2.05) is 0 Å². The van der Waals surface area contributed by atoms with Crippen molar-refractivity contribution in [1.29, 1.82) is 0 Å². The first kappa shape index (κ1) is 7.32. The average molecular weight is 132 g/mol. The lowest BCUT2D eigenvalue weighted by Crippen LogP contribution is -2.24. The smallest absolute Gasteiger partial charge is 0.184 e. The number of nitrogens with zero attached hydrogens (tertiary/aromatic N) is 1. The Labute approximate surface area is 52.9 Å². The van der Waals surface area contributed by atoms with Gasteiger partial charge in [0.05, 0.1) is 0 Å². The zero-order chi connectivity index (χ0) is 6.41. The van der Waals surface area contributed by atoms with Gasteiger partial charge in [-0.2, -0.15) is 5.10 Å². The summed E-state index contributed by atoms with van der Waals surface area (Å²) in [6.07, 6.45) is 1.47. The van der Waals surface area contributed by atoms with E-state index in [-0.39, 0.29) is 5.11 Å². The van der Waals surface area contributed by atoms with Crippen molar-refractivity contribution < 1.29 is 0 Å². The van der Waals surface area contributed by atoms with Gasteiger partial charge >= 0.3 is 0 Å². The molecule has 0 aromatic carbocycles. The molecule has 0 aliphatic rings. The Morgan fingerprint density at radius 2 is 2.50 bits per heavy atom. The lowest BCUT2D eigenvalue weighted by molar-refractivity contribution is 1.03. The Bertz CT molecular complexity index is 99.5. The van der Waals surface area contributed by atoms with Gasteiger partial charge in [0.1, 0.15) is 0 Å². The van der Waals surface area contributed by atoms with Crippen molar-refractivity contribution in [1.82, 2.24) is 5.43 Å². The first-order chi connectivity index (χ1) is 3.77. The summed E-state index contributed by atoms with van der Waals surface area (Å²) in [6.45, 7) is 0.385. The number of nitrogens with one attached hydrogen (secondary N) is 1. The highest BCUT2D eigenvalue weighted by Crippen LogP contribution is 1.55. The quantitative estimate of drug-likeness (QED) is 0.250. The molecule has 0 spiro atoms. The SMILES string of the molecule is NCC=NNC(N)=S. The molecule has 0 aromatic rings. The van der Waals surface area contributed by atoms with Crippen molar-refractivity contribution in [2.24, 2.45) is 16.6 Å². The predicted molar refractivity (Wildman–Crippen MR) is 37.5 cm³/mol. The highest BCUT2D eigenvalue weighted by atomic mass is 32.1. The molecule has 4 nitrogen and oxygen atoms in total. The standard InChI is InChI=1S/C3H8N4S/c4-1-2-6-7-3(5)8/h2H,1,4H2,(H3,5,7,8). The second-order valence-electron chi connectivity index (χ2n) is 1.02. The molecule has 0 heterocycles. The molecule has 5 heteroatoms. The van der Waals surface area contributed by atoms with E-state index in [1.165, 1.54) is 6.21 Å². The maximum atomic E-state index is 5.04.